The number of aromatic nitrogens is 2. The molecule has 0 spiro atoms. The number of aliphatic carboxylic acids is 1. The lowest BCUT2D eigenvalue weighted by Gasteiger charge is -2.21. The summed E-state index contributed by atoms with van der Waals surface area (Å²) in [5.41, 5.74) is 0.920. The number of nitrogens with one attached hydrogen (secondary N) is 1. The number of carbonyl (C=O) groups is 1. The van der Waals surface area contributed by atoms with Crippen molar-refractivity contribution >= 4 is 5.97 Å². The highest BCUT2D eigenvalue weighted by Gasteiger charge is 2.14. The van der Waals surface area contributed by atoms with Crippen LogP contribution in [-0.4, -0.2) is 39.8 Å². The molecule has 0 radical (unpaired) electrons. The first-order valence-electron chi connectivity index (χ1n) is 4.02. The van der Waals surface area contributed by atoms with E-state index in [2.05, 4.69) is 10.2 Å². The van der Waals surface area contributed by atoms with Gasteiger partial charge in [0.25, 0.3) is 0 Å². The van der Waals surface area contributed by atoms with E-state index < -0.39 is 5.97 Å². The van der Waals surface area contributed by atoms with Crippen molar-refractivity contribution < 1.29 is 9.90 Å². The van der Waals surface area contributed by atoms with Gasteiger partial charge in [0.15, 0.2) is 0 Å². The van der Waals surface area contributed by atoms with Gasteiger partial charge in [0.05, 0.1) is 12.2 Å². The lowest BCUT2D eigenvalue weighted by atomic mass is 10.2. The van der Waals surface area contributed by atoms with Crippen LogP contribution in [0.15, 0.2) is 12.3 Å². The van der Waals surface area contributed by atoms with Crippen LogP contribution in [0, 0.1) is 0 Å². The van der Waals surface area contributed by atoms with E-state index >= 15 is 0 Å². The third-order valence-electron chi connectivity index (χ3n) is 2.02. The minimum Gasteiger partial charge on any atom is -0.480 e. The highest BCUT2D eigenvalue weighted by atomic mass is 16.4. The van der Waals surface area contributed by atoms with Crippen LogP contribution in [0.4, 0.5) is 0 Å². The summed E-state index contributed by atoms with van der Waals surface area (Å²) in [6.45, 7) is 1.96. The van der Waals surface area contributed by atoms with E-state index in [0.717, 1.165) is 5.69 Å². The number of aromatic amines is 1. The van der Waals surface area contributed by atoms with Crippen molar-refractivity contribution in [3.05, 3.63) is 18.0 Å². The summed E-state index contributed by atoms with van der Waals surface area (Å²) >= 11 is 0. The van der Waals surface area contributed by atoms with Crippen LogP contribution >= 0.6 is 0 Å². The summed E-state index contributed by atoms with van der Waals surface area (Å²) in [6, 6.07) is 1.88. The number of hydrogen-bond acceptors (Lipinski definition) is 3. The molecule has 2 N–H and O–H groups in total. The summed E-state index contributed by atoms with van der Waals surface area (Å²) in [5.74, 6) is -0.825. The maximum Gasteiger partial charge on any atom is 0.317 e. The zero-order chi connectivity index (χ0) is 9.84. The van der Waals surface area contributed by atoms with Gasteiger partial charge in [-0.2, -0.15) is 5.10 Å². The Balaban J connectivity index is 2.57. The average Bonchev–Trinajstić information content (AvgIpc) is 2.53. The Morgan fingerprint density at radius 2 is 2.54 bits per heavy atom. The normalized spacial score (nSPS) is 13.2. The summed E-state index contributed by atoms with van der Waals surface area (Å²) in [6.07, 6.45) is 1.65. The molecule has 13 heavy (non-hydrogen) atoms. The van der Waals surface area contributed by atoms with Crippen molar-refractivity contribution in [3.63, 3.8) is 0 Å². The summed E-state index contributed by atoms with van der Waals surface area (Å²) < 4.78 is 0. The van der Waals surface area contributed by atoms with Crippen molar-refractivity contribution in [3.8, 4) is 0 Å². The number of carboxylic acid groups (broad SMARTS) is 1. The number of nitrogens with zero attached hydrogens (tertiary/aromatic N) is 2. The van der Waals surface area contributed by atoms with Gasteiger partial charge in [0.1, 0.15) is 0 Å². The molecule has 0 saturated heterocycles. The molecule has 5 heteroatoms. The molecule has 1 aromatic heterocycles. The molecule has 0 saturated carbocycles. The highest BCUT2D eigenvalue weighted by Crippen LogP contribution is 2.14. The second kappa shape index (κ2) is 4.04. The third kappa shape index (κ3) is 2.55. The van der Waals surface area contributed by atoms with Gasteiger partial charge in [-0.05, 0) is 20.0 Å². The fraction of sp³-hybridized carbons (Fsp3) is 0.500. The van der Waals surface area contributed by atoms with E-state index in [-0.39, 0.29) is 12.6 Å². The highest BCUT2D eigenvalue weighted by molar-refractivity contribution is 5.69. The first-order chi connectivity index (χ1) is 6.11. The molecule has 5 nitrogen and oxygen atoms in total. The van der Waals surface area contributed by atoms with Gasteiger partial charge in [-0.25, -0.2) is 0 Å². The van der Waals surface area contributed by atoms with Crippen LogP contribution in [0.5, 0.6) is 0 Å². The molecule has 0 aliphatic carbocycles. The fourth-order valence-corrected chi connectivity index (χ4v) is 1.09. The standard InChI is InChI=1S/C8H13N3O2/c1-6(7-3-4-9-10-7)11(2)5-8(12)13/h3-4,6H,5H2,1-2H3,(H,9,10)(H,12,13). The van der Waals surface area contributed by atoms with Crippen LogP contribution in [-0.2, 0) is 4.79 Å². The topological polar surface area (TPSA) is 69.2 Å². The molecule has 0 amide bonds. The molecule has 1 unspecified atom stereocenters. The van der Waals surface area contributed by atoms with E-state index in [1.807, 2.05) is 13.0 Å². The minimum absolute atomic E-state index is 0.0280. The van der Waals surface area contributed by atoms with E-state index in [1.54, 1.807) is 18.1 Å². The first-order valence-corrected chi connectivity index (χ1v) is 4.02. The van der Waals surface area contributed by atoms with Crippen LogP contribution < -0.4 is 0 Å². The quantitative estimate of drug-likeness (QED) is 0.712. The van der Waals surface area contributed by atoms with Gasteiger partial charge >= 0.3 is 5.97 Å². The SMILES string of the molecule is CC(c1ccn[nH]1)N(C)CC(=O)O. The average molecular weight is 183 g/mol. The maximum atomic E-state index is 10.4. The van der Waals surface area contributed by atoms with Crippen molar-refractivity contribution in [1.29, 1.82) is 0 Å². The zero-order valence-corrected chi connectivity index (χ0v) is 7.69. The molecule has 0 aromatic carbocycles. The van der Waals surface area contributed by atoms with Crippen LogP contribution in [0.1, 0.15) is 18.7 Å². The predicted molar refractivity (Wildman–Crippen MR) is 47.3 cm³/mol. The van der Waals surface area contributed by atoms with Crippen LogP contribution in [0.25, 0.3) is 0 Å². The third-order valence-corrected chi connectivity index (χ3v) is 2.02. The smallest absolute Gasteiger partial charge is 0.317 e. The number of rotatable bonds is 4. The summed E-state index contributed by atoms with van der Waals surface area (Å²) in [7, 11) is 1.76. The zero-order valence-electron chi connectivity index (χ0n) is 7.69. The number of H-pyrrole nitrogens is 1. The Kier molecular flexibility index (Phi) is 3.02. The van der Waals surface area contributed by atoms with Crippen molar-refractivity contribution in [1.82, 2.24) is 15.1 Å². The van der Waals surface area contributed by atoms with Gasteiger partial charge in [-0.3, -0.25) is 14.8 Å². The lowest BCUT2D eigenvalue weighted by Crippen LogP contribution is -2.28. The Labute approximate surface area is 76.4 Å². The largest absolute Gasteiger partial charge is 0.480 e. The van der Waals surface area contributed by atoms with Crippen LogP contribution in [0.3, 0.4) is 0 Å². The molecule has 1 heterocycles. The maximum absolute atomic E-state index is 10.4. The van der Waals surface area contributed by atoms with Gasteiger partial charge in [0.2, 0.25) is 0 Å². The van der Waals surface area contributed by atoms with E-state index in [1.165, 1.54) is 0 Å². The molecule has 0 aliphatic heterocycles. The van der Waals surface area contributed by atoms with Gasteiger partial charge < -0.3 is 5.11 Å². The molecule has 0 bridgehead atoms. The molecule has 0 aliphatic rings. The second-order valence-electron chi connectivity index (χ2n) is 3.00. The fourth-order valence-electron chi connectivity index (χ4n) is 1.09. The predicted octanol–water partition coefficient (Wildman–Crippen LogP) is 0.487. The Hall–Kier alpha value is -1.36. The lowest BCUT2D eigenvalue weighted by molar-refractivity contribution is -0.138. The minimum atomic E-state index is -0.825. The van der Waals surface area contributed by atoms with Gasteiger partial charge in [-0.15, -0.1) is 0 Å². The van der Waals surface area contributed by atoms with Gasteiger partial charge in [-0.1, -0.05) is 0 Å². The van der Waals surface area contributed by atoms with E-state index in [4.69, 9.17) is 5.11 Å². The number of hydrogen-bond donors (Lipinski definition) is 2. The Morgan fingerprint density at radius 3 is 3.00 bits per heavy atom. The first kappa shape index (κ1) is 9.73. The molecule has 0 fully saturated rings. The summed E-state index contributed by atoms with van der Waals surface area (Å²) in [5, 5.41) is 15.2. The van der Waals surface area contributed by atoms with Gasteiger partial charge in [0, 0.05) is 12.2 Å². The van der Waals surface area contributed by atoms with Crippen molar-refractivity contribution in [2.45, 2.75) is 13.0 Å². The van der Waals surface area contributed by atoms with Crippen molar-refractivity contribution in [2.24, 2.45) is 0 Å². The Morgan fingerprint density at radius 1 is 1.85 bits per heavy atom. The molecular formula is C8H13N3O2. The van der Waals surface area contributed by atoms with E-state index in [9.17, 15) is 4.79 Å². The molecule has 72 valence electrons. The van der Waals surface area contributed by atoms with E-state index in [0.29, 0.717) is 0 Å². The monoisotopic (exact) mass is 183 g/mol. The molecule has 1 aromatic rings. The summed E-state index contributed by atoms with van der Waals surface area (Å²) in [4.78, 5) is 12.1. The van der Waals surface area contributed by atoms with Crippen LogP contribution in [0.2, 0.25) is 0 Å². The number of likely N-dealkylation sites (N-methyl/N-ethyl adjacent to an activating group) is 1. The molecule has 1 rings (SSSR count). The molecule has 1 atom stereocenters. The van der Waals surface area contributed by atoms with Crippen molar-refractivity contribution in [2.75, 3.05) is 13.6 Å². The molecular weight excluding hydrogens is 170 g/mol. The number of carboxylic acids is 1. The second-order valence-corrected chi connectivity index (χ2v) is 3.00. The Bertz CT molecular complexity index is 271.